The molecule has 0 fully saturated rings. The lowest BCUT2D eigenvalue weighted by molar-refractivity contribution is -0.145. The summed E-state index contributed by atoms with van der Waals surface area (Å²) < 4.78 is 10.7. The summed E-state index contributed by atoms with van der Waals surface area (Å²) in [5.41, 5.74) is 0. The Morgan fingerprint density at radius 3 is 1.48 bits per heavy atom. The Hall–Kier alpha value is -0.570. The first kappa shape index (κ1) is 26.4. The van der Waals surface area contributed by atoms with Gasteiger partial charge in [-0.25, -0.2) is 0 Å². The molecule has 0 saturated heterocycles. The Balaban J connectivity index is 3.12. The molecular formula is C24H48O3. The molecule has 27 heavy (non-hydrogen) atoms. The van der Waals surface area contributed by atoms with E-state index in [1.54, 1.807) is 0 Å². The maximum atomic E-state index is 11.6. The highest BCUT2D eigenvalue weighted by Gasteiger charge is 2.02. The highest BCUT2D eigenvalue weighted by atomic mass is 16.6. The average molecular weight is 385 g/mol. The molecule has 0 aliphatic rings. The third kappa shape index (κ3) is 23.4. The second-order valence-corrected chi connectivity index (χ2v) is 7.89. The molecule has 3 nitrogen and oxygen atoms in total. The second-order valence-electron chi connectivity index (χ2n) is 7.89. The van der Waals surface area contributed by atoms with Crippen molar-refractivity contribution in [2.24, 2.45) is 0 Å². The highest BCUT2D eigenvalue weighted by molar-refractivity contribution is 5.69. The van der Waals surface area contributed by atoms with E-state index in [4.69, 9.17) is 9.47 Å². The molecule has 162 valence electrons. The van der Waals surface area contributed by atoms with Gasteiger partial charge in [0.15, 0.2) is 0 Å². The summed E-state index contributed by atoms with van der Waals surface area (Å²) in [4.78, 5) is 11.6. The third-order valence-electron chi connectivity index (χ3n) is 5.12. The third-order valence-corrected chi connectivity index (χ3v) is 5.12. The lowest BCUT2D eigenvalue weighted by atomic mass is 10.0. The van der Waals surface area contributed by atoms with Gasteiger partial charge in [0.1, 0.15) is 6.61 Å². The van der Waals surface area contributed by atoms with Crippen molar-refractivity contribution >= 4 is 5.97 Å². The van der Waals surface area contributed by atoms with E-state index in [0.717, 1.165) is 25.9 Å². The van der Waals surface area contributed by atoms with E-state index in [1.807, 2.05) is 0 Å². The first-order valence-electron chi connectivity index (χ1n) is 12.0. The Kier molecular flexibility index (Phi) is 23.0. The largest absolute Gasteiger partial charge is 0.463 e. The molecule has 0 unspecified atom stereocenters. The lowest BCUT2D eigenvalue weighted by Gasteiger charge is -2.06. The lowest BCUT2D eigenvalue weighted by Crippen LogP contribution is -2.10. The van der Waals surface area contributed by atoms with Crippen LogP contribution >= 0.6 is 0 Å². The minimum absolute atomic E-state index is 0.0624. The number of carbonyl (C=O) groups excluding carboxylic acids is 1. The van der Waals surface area contributed by atoms with Crippen molar-refractivity contribution in [1.82, 2.24) is 0 Å². The quantitative estimate of drug-likeness (QED) is 0.142. The van der Waals surface area contributed by atoms with Gasteiger partial charge in [0, 0.05) is 13.0 Å². The highest BCUT2D eigenvalue weighted by Crippen LogP contribution is 2.13. The molecule has 0 radical (unpaired) electrons. The van der Waals surface area contributed by atoms with Gasteiger partial charge in [0.2, 0.25) is 0 Å². The van der Waals surface area contributed by atoms with Crippen LogP contribution in [-0.2, 0) is 14.3 Å². The van der Waals surface area contributed by atoms with Crippen LogP contribution in [0, 0.1) is 0 Å². The van der Waals surface area contributed by atoms with Crippen molar-refractivity contribution < 1.29 is 14.3 Å². The Bertz CT molecular complexity index is 291. The molecule has 3 heteroatoms. The van der Waals surface area contributed by atoms with E-state index in [0.29, 0.717) is 19.6 Å². The van der Waals surface area contributed by atoms with Crippen molar-refractivity contribution in [2.45, 2.75) is 129 Å². The maximum Gasteiger partial charge on any atom is 0.305 e. The van der Waals surface area contributed by atoms with E-state index in [9.17, 15) is 4.79 Å². The molecule has 0 saturated carbocycles. The molecule has 0 heterocycles. The standard InChI is InChI=1S/C24H48O3/c1-3-5-7-9-10-11-12-13-14-15-16-17-18-20-24(25)27-23-22-26-21-19-8-6-4-2/h3-23H2,1-2H3. The molecule has 0 aromatic carbocycles. The SMILES string of the molecule is CCCCCCCCCCCCCCCC(=O)OCCOCCCCCC. The van der Waals surface area contributed by atoms with Crippen molar-refractivity contribution in [2.75, 3.05) is 19.8 Å². The van der Waals surface area contributed by atoms with E-state index in [2.05, 4.69) is 13.8 Å². The van der Waals surface area contributed by atoms with Gasteiger partial charge in [0.25, 0.3) is 0 Å². The smallest absolute Gasteiger partial charge is 0.305 e. The van der Waals surface area contributed by atoms with Gasteiger partial charge in [-0.3, -0.25) is 4.79 Å². The maximum absolute atomic E-state index is 11.6. The van der Waals surface area contributed by atoms with Crippen molar-refractivity contribution in [3.8, 4) is 0 Å². The van der Waals surface area contributed by atoms with Crippen LogP contribution < -0.4 is 0 Å². The van der Waals surface area contributed by atoms with Gasteiger partial charge >= 0.3 is 5.97 Å². The zero-order valence-electron chi connectivity index (χ0n) is 18.6. The molecule has 0 bridgehead atoms. The number of rotatable bonds is 22. The Morgan fingerprint density at radius 1 is 0.519 bits per heavy atom. The van der Waals surface area contributed by atoms with Crippen LogP contribution in [0.4, 0.5) is 0 Å². The van der Waals surface area contributed by atoms with E-state index >= 15 is 0 Å². The summed E-state index contributed by atoms with van der Waals surface area (Å²) in [5.74, 6) is -0.0624. The molecule has 0 atom stereocenters. The molecule has 0 aliphatic heterocycles. The van der Waals surface area contributed by atoms with Gasteiger partial charge < -0.3 is 9.47 Å². The fourth-order valence-electron chi connectivity index (χ4n) is 3.31. The summed E-state index contributed by atoms with van der Waals surface area (Å²) in [6.45, 7) is 6.21. The van der Waals surface area contributed by atoms with Crippen LogP contribution in [0.2, 0.25) is 0 Å². The normalized spacial score (nSPS) is 11.0. The molecule has 0 N–H and O–H groups in total. The number of carbonyl (C=O) groups is 1. The number of unbranched alkanes of at least 4 members (excludes halogenated alkanes) is 15. The zero-order valence-corrected chi connectivity index (χ0v) is 18.6. The van der Waals surface area contributed by atoms with Gasteiger partial charge in [0.05, 0.1) is 6.61 Å². The minimum atomic E-state index is -0.0624. The number of hydrogen-bond acceptors (Lipinski definition) is 3. The van der Waals surface area contributed by atoms with Crippen LogP contribution in [0.1, 0.15) is 129 Å². The average Bonchev–Trinajstić information content (AvgIpc) is 2.67. The molecule has 0 spiro atoms. The fraction of sp³-hybridized carbons (Fsp3) is 0.958. The molecule has 0 aromatic heterocycles. The first-order chi connectivity index (χ1) is 13.3. The molecule has 0 aliphatic carbocycles. The molecule has 0 amide bonds. The summed E-state index contributed by atoms with van der Waals surface area (Å²) in [7, 11) is 0. The van der Waals surface area contributed by atoms with Crippen LogP contribution in [-0.4, -0.2) is 25.8 Å². The number of hydrogen-bond donors (Lipinski definition) is 0. The number of ether oxygens (including phenoxy) is 2. The minimum Gasteiger partial charge on any atom is -0.463 e. The molecule has 0 aromatic rings. The summed E-state index contributed by atoms with van der Waals surface area (Å²) in [6, 6.07) is 0. The van der Waals surface area contributed by atoms with Crippen LogP contribution in [0.3, 0.4) is 0 Å². The Morgan fingerprint density at radius 2 is 0.963 bits per heavy atom. The number of esters is 1. The van der Waals surface area contributed by atoms with Gasteiger partial charge in [-0.2, -0.15) is 0 Å². The van der Waals surface area contributed by atoms with Gasteiger partial charge in [-0.1, -0.05) is 110 Å². The molecule has 0 rings (SSSR count). The van der Waals surface area contributed by atoms with Crippen LogP contribution in [0.5, 0.6) is 0 Å². The first-order valence-corrected chi connectivity index (χ1v) is 12.0. The second kappa shape index (κ2) is 23.5. The van der Waals surface area contributed by atoms with Crippen molar-refractivity contribution in [3.63, 3.8) is 0 Å². The van der Waals surface area contributed by atoms with Crippen LogP contribution in [0.15, 0.2) is 0 Å². The van der Waals surface area contributed by atoms with Gasteiger partial charge in [-0.05, 0) is 12.8 Å². The Labute approximate surface area is 170 Å². The summed E-state index contributed by atoms with van der Waals surface area (Å²) in [5, 5.41) is 0. The van der Waals surface area contributed by atoms with E-state index in [-0.39, 0.29) is 5.97 Å². The zero-order chi connectivity index (χ0) is 19.8. The predicted molar refractivity (Wildman–Crippen MR) is 116 cm³/mol. The summed E-state index contributed by atoms with van der Waals surface area (Å²) in [6.07, 6.45) is 22.7. The van der Waals surface area contributed by atoms with E-state index in [1.165, 1.54) is 89.9 Å². The predicted octanol–water partition coefficient (Wildman–Crippen LogP) is 7.61. The van der Waals surface area contributed by atoms with Crippen molar-refractivity contribution in [3.05, 3.63) is 0 Å². The fourth-order valence-corrected chi connectivity index (χ4v) is 3.31. The summed E-state index contributed by atoms with van der Waals surface area (Å²) >= 11 is 0. The van der Waals surface area contributed by atoms with Crippen LogP contribution in [0.25, 0.3) is 0 Å². The topological polar surface area (TPSA) is 35.5 Å². The monoisotopic (exact) mass is 384 g/mol. The molecular weight excluding hydrogens is 336 g/mol. The van der Waals surface area contributed by atoms with E-state index < -0.39 is 0 Å². The van der Waals surface area contributed by atoms with Gasteiger partial charge in [-0.15, -0.1) is 0 Å². The van der Waals surface area contributed by atoms with Crippen molar-refractivity contribution in [1.29, 1.82) is 0 Å².